The zero-order valence-electron chi connectivity index (χ0n) is 14.0. The van der Waals surface area contributed by atoms with Crippen molar-refractivity contribution in [2.75, 3.05) is 24.2 Å². The molecule has 132 valence electrons. The molecule has 25 heavy (non-hydrogen) atoms. The van der Waals surface area contributed by atoms with Crippen molar-refractivity contribution in [3.8, 4) is 11.5 Å². The van der Waals surface area contributed by atoms with Crippen molar-refractivity contribution in [3.05, 3.63) is 40.1 Å². The van der Waals surface area contributed by atoms with Gasteiger partial charge in [0.05, 0.1) is 11.5 Å². The van der Waals surface area contributed by atoms with Gasteiger partial charge in [-0.25, -0.2) is 4.98 Å². The van der Waals surface area contributed by atoms with E-state index in [1.165, 1.54) is 0 Å². The lowest BCUT2D eigenvalue weighted by atomic mass is 10.0. The van der Waals surface area contributed by atoms with Crippen LogP contribution in [-0.2, 0) is 6.42 Å². The third kappa shape index (κ3) is 3.70. The van der Waals surface area contributed by atoms with E-state index < -0.39 is 4.92 Å². The van der Waals surface area contributed by atoms with E-state index in [4.69, 9.17) is 15.2 Å². The first-order valence-electron chi connectivity index (χ1n) is 7.80. The average molecular weight is 345 g/mol. The average Bonchev–Trinajstić information content (AvgIpc) is 2.86. The zero-order chi connectivity index (χ0) is 18.0. The lowest BCUT2D eigenvalue weighted by molar-refractivity contribution is -0.384. The second-order valence-corrected chi connectivity index (χ2v) is 6.28. The van der Waals surface area contributed by atoms with Crippen molar-refractivity contribution in [3.63, 3.8) is 0 Å². The Morgan fingerprint density at radius 3 is 3.00 bits per heavy atom. The number of benzene rings is 1. The molecule has 3 N–H and O–H groups in total. The number of nitrogens with zero attached hydrogens (tertiary/aromatic N) is 3. The second-order valence-electron chi connectivity index (χ2n) is 6.28. The smallest absolute Gasteiger partial charge is 0.329 e. The number of para-hydroxylation sites is 1. The maximum Gasteiger partial charge on any atom is 0.329 e. The van der Waals surface area contributed by atoms with Gasteiger partial charge in [0.15, 0.2) is 11.5 Å². The highest BCUT2D eigenvalue weighted by molar-refractivity contribution is 5.53. The molecule has 0 unspecified atom stereocenters. The summed E-state index contributed by atoms with van der Waals surface area (Å²) in [4.78, 5) is 17.8. The van der Waals surface area contributed by atoms with Gasteiger partial charge in [-0.1, -0.05) is 12.1 Å². The molecule has 2 heterocycles. The number of hydrogen-bond acceptors (Lipinski definition) is 8. The van der Waals surface area contributed by atoms with Crippen LogP contribution in [0.15, 0.2) is 24.4 Å². The fourth-order valence-electron chi connectivity index (χ4n) is 2.64. The number of nitrogen functional groups attached to an aromatic ring is 1. The Hall–Kier alpha value is -3.10. The number of rotatable bonds is 6. The molecule has 0 spiro atoms. The Kier molecular flexibility index (Phi) is 4.30. The van der Waals surface area contributed by atoms with Gasteiger partial charge in [-0.3, -0.25) is 10.1 Å². The Morgan fingerprint density at radius 1 is 1.48 bits per heavy atom. The summed E-state index contributed by atoms with van der Waals surface area (Å²) in [6.07, 6.45) is 1.92. The van der Waals surface area contributed by atoms with Gasteiger partial charge in [0.1, 0.15) is 18.4 Å². The van der Waals surface area contributed by atoms with E-state index in [1.807, 2.05) is 32.0 Å². The predicted molar refractivity (Wildman–Crippen MR) is 91.9 cm³/mol. The Labute approximate surface area is 144 Å². The highest BCUT2D eigenvalue weighted by Gasteiger charge is 2.32. The van der Waals surface area contributed by atoms with Crippen LogP contribution in [0, 0.1) is 10.1 Å². The largest absolute Gasteiger partial charge is 0.488 e. The summed E-state index contributed by atoms with van der Waals surface area (Å²) in [7, 11) is 0. The summed E-state index contributed by atoms with van der Waals surface area (Å²) in [5, 5.41) is 13.6. The predicted octanol–water partition coefficient (Wildman–Crippen LogP) is 2.17. The number of aromatic nitrogens is 2. The molecule has 0 saturated carbocycles. The minimum atomic E-state index is -0.625. The zero-order valence-corrected chi connectivity index (χ0v) is 14.0. The van der Waals surface area contributed by atoms with Gasteiger partial charge >= 0.3 is 5.69 Å². The van der Waals surface area contributed by atoms with Crippen LogP contribution >= 0.6 is 0 Å². The van der Waals surface area contributed by atoms with Gasteiger partial charge < -0.3 is 20.5 Å². The van der Waals surface area contributed by atoms with Gasteiger partial charge in [0, 0.05) is 12.0 Å². The fraction of sp³-hybridized carbons (Fsp3) is 0.375. The van der Waals surface area contributed by atoms with E-state index in [-0.39, 0.29) is 23.1 Å². The van der Waals surface area contributed by atoms with Gasteiger partial charge in [-0.2, -0.15) is 4.98 Å². The molecular weight excluding hydrogens is 326 g/mol. The summed E-state index contributed by atoms with van der Waals surface area (Å²) in [6, 6.07) is 5.83. The van der Waals surface area contributed by atoms with Crippen LogP contribution < -0.4 is 20.5 Å². The second kappa shape index (κ2) is 6.42. The number of hydrogen-bond donors (Lipinski definition) is 2. The van der Waals surface area contributed by atoms with E-state index >= 15 is 0 Å². The van der Waals surface area contributed by atoms with Crippen LogP contribution in [0.1, 0.15) is 19.4 Å². The molecule has 0 bridgehead atoms. The van der Waals surface area contributed by atoms with E-state index in [9.17, 15) is 10.1 Å². The summed E-state index contributed by atoms with van der Waals surface area (Å²) in [5.74, 6) is 1.50. The highest BCUT2D eigenvalue weighted by Crippen LogP contribution is 2.41. The quantitative estimate of drug-likeness (QED) is 0.463. The number of nitro groups is 1. The maximum absolute atomic E-state index is 10.7. The van der Waals surface area contributed by atoms with Crippen LogP contribution in [0.5, 0.6) is 11.5 Å². The Bertz CT molecular complexity index is 809. The van der Waals surface area contributed by atoms with Crippen molar-refractivity contribution in [1.29, 1.82) is 0 Å². The number of anilines is 2. The Morgan fingerprint density at radius 2 is 2.28 bits per heavy atom. The SMILES string of the molecule is CC1(C)Cc2cccc(OCCNc3ncc([N+](=O)[O-])c(N)n3)c2O1. The molecule has 1 aromatic carbocycles. The molecule has 1 aliphatic heterocycles. The summed E-state index contributed by atoms with van der Waals surface area (Å²) in [6.45, 7) is 4.83. The number of fused-ring (bicyclic) bond motifs is 1. The third-order valence-corrected chi connectivity index (χ3v) is 3.69. The Balaban J connectivity index is 1.56. The lowest BCUT2D eigenvalue weighted by Gasteiger charge is -2.18. The molecule has 1 aromatic heterocycles. The van der Waals surface area contributed by atoms with E-state index in [1.54, 1.807) is 0 Å². The minimum absolute atomic E-state index is 0.181. The first kappa shape index (κ1) is 16.7. The lowest BCUT2D eigenvalue weighted by Crippen LogP contribution is -2.24. The first-order valence-corrected chi connectivity index (χ1v) is 7.80. The normalized spacial score (nSPS) is 14.5. The molecule has 2 aromatic rings. The summed E-state index contributed by atoms with van der Waals surface area (Å²) < 4.78 is 11.7. The number of ether oxygens (including phenoxy) is 2. The minimum Gasteiger partial charge on any atom is -0.488 e. The van der Waals surface area contributed by atoms with Crippen molar-refractivity contribution in [2.45, 2.75) is 25.9 Å². The highest BCUT2D eigenvalue weighted by atomic mass is 16.6. The molecule has 0 atom stereocenters. The first-order chi connectivity index (χ1) is 11.9. The maximum atomic E-state index is 10.7. The van der Waals surface area contributed by atoms with Gasteiger partial charge in [-0.15, -0.1) is 0 Å². The van der Waals surface area contributed by atoms with Crippen molar-refractivity contribution in [2.24, 2.45) is 0 Å². The summed E-state index contributed by atoms with van der Waals surface area (Å²) >= 11 is 0. The molecule has 0 radical (unpaired) electrons. The number of nitrogens with one attached hydrogen (secondary N) is 1. The van der Waals surface area contributed by atoms with Crippen molar-refractivity contribution < 1.29 is 14.4 Å². The molecule has 9 heteroatoms. The fourth-order valence-corrected chi connectivity index (χ4v) is 2.64. The van der Waals surface area contributed by atoms with Crippen LogP contribution in [0.3, 0.4) is 0 Å². The molecule has 0 amide bonds. The number of nitrogens with two attached hydrogens (primary N) is 1. The summed E-state index contributed by atoms with van der Waals surface area (Å²) in [5.41, 5.74) is 6.10. The van der Waals surface area contributed by atoms with Crippen molar-refractivity contribution in [1.82, 2.24) is 9.97 Å². The van der Waals surface area contributed by atoms with Crippen LogP contribution in [0.4, 0.5) is 17.5 Å². The van der Waals surface area contributed by atoms with E-state index in [0.29, 0.717) is 18.9 Å². The molecule has 9 nitrogen and oxygen atoms in total. The van der Waals surface area contributed by atoms with Gasteiger partial charge in [-0.05, 0) is 19.9 Å². The topological polar surface area (TPSA) is 125 Å². The van der Waals surface area contributed by atoms with E-state index in [0.717, 1.165) is 23.9 Å². The standard InChI is InChI=1S/C16H19N5O4/c1-16(2)8-10-4-3-5-12(13(10)25-16)24-7-6-18-15-19-9-11(21(22)23)14(17)20-15/h3-5,9H,6-8H2,1-2H3,(H3,17,18,19,20). The van der Waals surface area contributed by atoms with Crippen LogP contribution in [0.25, 0.3) is 0 Å². The molecule has 0 fully saturated rings. The van der Waals surface area contributed by atoms with Gasteiger partial charge in [0.2, 0.25) is 11.8 Å². The third-order valence-electron chi connectivity index (χ3n) is 3.69. The van der Waals surface area contributed by atoms with Crippen molar-refractivity contribution >= 4 is 17.5 Å². The van der Waals surface area contributed by atoms with Crippen LogP contribution in [0.2, 0.25) is 0 Å². The monoisotopic (exact) mass is 345 g/mol. The molecule has 1 aliphatic rings. The molecule has 0 saturated heterocycles. The van der Waals surface area contributed by atoms with Crippen LogP contribution in [-0.4, -0.2) is 33.6 Å². The molecule has 3 rings (SSSR count). The van der Waals surface area contributed by atoms with Gasteiger partial charge in [0.25, 0.3) is 0 Å². The molecule has 0 aliphatic carbocycles. The van der Waals surface area contributed by atoms with E-state index in [2.05, 4.69) is 15.3 Å². The molecular formula is C16H19N5O4.